The summed E-state index contributed by atoms with van der Waals surface area (Å²) in [5, 5.41) is 6.30. The fourth-order valence-electron chi connectivity index (χ4n) is 2.47. The van der Waals surface area contributed by atoms with Crippen molar-refractivity contribution in [2.24, 2.45) is 0 Å². The molecule has 98 valence electrons. The Hall–Kier alpha value is -1.51. The van der Waals surface area contributed by atoms with E-state index in [2.05, 4.69) is 10.6 Å². The first-order valence-corrected chi connectivity index (χ1v) is 6.84. The summed E-state index contributed by atoms with van der Waals surface area (Å²) in [6.07, 6.45) is 6.08. The highest BCUT2D eigenvalue weighted by Crippen LogP contribution is 2.17. The number of hydrogen-bond acceptors (Lipinski definition) is 2. The molecule has 0 spiro atoms. The predicted octanol–water partition coefficient (Wildman–Crippen LogP) is 2.86. The molecular weight excluding hydrogens is 224 g/mol. The van der Waals surface area contributed by atoms with Crippen LogP contribution in [0, 0.1) is 6.92 Å². The van der Waals surface area contributed by atoms with Crippen molar-refractivity contribution < 1.29 is 4.79 Å². The highest BCUT2D eigenvalue weighted by molar-refractivity contribution is 5.81. The van der Waals surface area contributed by atoms with E-state index >= 15 is 0 Å². The molecule has 2 rings (SSSR count). The first-order valence-electron chi connectivity index (χ1n) is 6.84. The van der Waals surface area contributed by atoms with Gasteiger partial charge in [-0.15, -0.1) is 0 Å². The first-order chi connectivity index (χ1) is 8.75. The minimum atomic E-state index is 0.102. The summed E-state index contributed by atoms with van der Waals surface area (Å²) in [4.78, 5) is 11.8. The van der Waals surface area contributed by atoms with E-state index in [4.69, 9.17) is 0 Å². The van der Waals surface area contributed by atoms with Crippen LogP contribution in [0.1, 0.15) is 37.7 Å². The van der Waals surface area contributed by atoms with Crippen LogP contribution in [0.2, 0.25) is 0 Å². The zero-order chi connectivity index (χ0) is 12.8. The quantitative estimate of drug-likeness (QED) is 0.857. The average molecular weight is 246 g/mol. The first kappa shape index (κ1) is 12.9. The molecule has 0 bridgehead atoms. The normalized spacial score (nSPS) is 16.3. The second kappa shape index (κ2) is 6.43. The third kappa shape index (κ3) is 3.76. The van der Waals surface area contributed by atoms with E-state index in [1.807, 2.05) is 31.2 Å². The number of anilines is 1. The molecule has 0 heterocycles. The van der Waals surface area contributed by atoms with Crippen LogP contribution < -0.4 is 10.6 Å². The Morgan fingerprint density at radius 2 is 1.94 bits per heavy atom. The van der Waals surface area contributed by atoms with E-state index in [-0.39, 0.29) is 5.91 Å². The molecule has 1 saturated carbocycles. The van der Waals surface area contributed by atoms with E-state index < -0.39 is 0 Å². The lowest BCUT2D eigenvalue weighted by Gasteiger charge is -2.23. The van der Waals surface area contributed by atoms with Gasteiger partial charge in [-0.2, -0.15) is 0 Å². The number of nitrogens with one attached hydrogen (secondary N) is 2. The molecular formula is C15H22N2O. The smallest absolute Gasteiger partial charge is 0.239 e. The van der Waals surface area contributed by atoms with E-state index in [0.29, 0.717) is 12.6 Å². The molecule has 1 fully saturated rings. The van der Waals surface area contributed by atoms with Gasteiger partial charge in [-0.1, -0.05) is 37.5 Å². The van der Waals surface area contributed by atoms with Crippen molar-refractivity contribution in [2.75, 3.05) is 11.9 Å². The SMILES string of the molecule is Cc1ccccc1NCC(=O)NC1CCCCC1. The van der Waals surface area contributed by atoms with Crippen molar-refractivity contribution in [1.82, 2.24) is 5.32 Å². The largest absolute Gasteiger partial charge is 0.376 e. The number of para-hydroxylation sites is 1. The van der Waals surface area contributed by atoms with Crippen molar-refractivity contribution in [3.63, 3.8) is 0 Å². The van der Waals surface area contributed by atoms with Crippen LogP contribution in [-0.4, -0.2) is 18.5 Å². The van der Waals surface area contributed by atoms with Crippen molar-refractivity contribution in [2.45, 2.75) is 45.1 Å². The molecule has 1 amide bonds. The number of carbonyl (C=O) groups is 1. The molecule has 1 aliphatic rings. The molecule has 1 aliphatic carbocycles. The minimum Gasteiger partial charge on any atom is -0.376 e. The lowest BCUT2D eigenvalue weighted by molar-refractivity contribution is -0.120. The van der Waals surface area contributed by atoms with E-state index in [0.717, 1.165) is 18.5 Å². The Morgan fingerprint density at radius 3 is 2.67 bits per heavy atom. The number of carbonyl (C=O) groups excluding carboxylic acids is 1. The summed E-state index contributed by atoms with van der Waals surface area (Å²) < 4.78 is 0. The number of aryl methyl sites for hydroxylation is 1. The van der Waals surface area contributed by atoms with Crippen molar-refractivity contribution in [3.8, 4) is 0 Å². The molecule has 0 radical (unpaired) electrons. The summed E-state index contributed by atoms with van der Waals surface area (Å²) in [5.41, 5.74) is 2.21. The van der Waals surface area contributed by atoms with Gasteiger partial charge in [-0.25, -0.2) is 0 Å². The molecule has 18 heavy (non-hydrogen) atoms. The Kier molecular flexibility index (Phi) is 4.62. The third-order valence-electron chi connectivity index (χ3n) is 3.55. The highest BCUT2D eigenvalue weighted by atomic mass is 16.1. The van der Waals surface area contributed by atoms with Gasteiger partial charge in [0.1, 0.15) is 0 Å². The van der Waals surface area contributed by atoms with Gasteiger partial charge in [0.25, 0.3) is 0 Å². The zero-order valence-electron chi connectivity index (χ0n) is 11.0. The summed E-state index contributed by atoms with van der Waals surface area (Å²) >= 11 is 0. The average Bonchev–Trinajstić information content (AvgIpc) is 2.39. The van der Waals surface area contributed by atoms with Crippen LogP contribution in [0.15, 0.2) is 24.3 Å². The van der Waals surface area contributed by atoms with Crippen LogP contribution >= 0.6 is 0 Å². The Bertz CT molecular complexity index is 397. The maximum absolute atomic E-state index is 11.8. The van der Waals surface area contributed by atoms with Crippen molar-refractivity contribution in [1.29, 1.82) is 0 Å². The van der Waals surface area contributed by atoms with Crippen LogP contribution in [0.5, 0.6) is 0 Å². The Morgan fingerprint density at radius 1 is 1.22 bits per heavy atom. The van der Waals surface area contributed by atoms with Gasteiger partial charge in [0.15, 0.2) is 0 Å². The molecule has 0 atom stereocenters. The fourth-order valence-corrected chi connectivity index (χ4v) is 2.47. The maximum Gasteiger partial charge on any atom is 0.239 e. The highest BCUT2D eigenvalue weighted by Gasteiger charge is 2.15. The fraction of sp³-hybridized carbons (Fsp3) is 0.533. The van der Waals surface area contributed by atoms with Crippen LogP contribution in [0.4, 0.5) is 5.69 Å². The van der Waals surface area contributed by atoms with Gasteiger partial charge in [-0.05, 0) is 31.4 Å². The topological polar surface area (TPSA) is 41.1 Å². The molecule has 3 heteroatoms. The molecule has 0 unspecified atom stereocenters. The summed E-state index contributed by atoms with van der Waals surface area (Å²) in [7, 11) is 0. The summed E-state index contributed by atoms with van der Waals surface area (Å²) in [6.45, 7) is 2.41. The van der Waals surface area contributed by atoms with Crippen LogP contribution in [0.3, 0.4) is 0 Å². The minimum absolute atomic E-state index is 0.102. The number of amides is 1. The molecule has 3 nitrogen and oxygen atoms in total. The van der Waals surface area contributed by atoms with E-state index in [1.54, 1.807) is 0 Å². The second-order valence-electron chi connectivity index (χ2n) is 5.07. The molecule has 0 aromatic heterocycles. The third-order valence-corrected chi connectivity index (χ3v) is 3.55. The van der Waals surface area contributed by atoms with Gasteiger partial charge >= 0.3 is 0 Å². The number of rotatable bonds is 4. The molecule has 0 aliphatic heterocycles. The van der Waals surface area contributed by atoms with Crippen LogP contribution in [0.25, 0.3) is 0 Å². The second-order valence-corrected chi connectivity index (χ2v) is 5.07. The predicted molar refractivity (Wildman–Crippen MR) is 74.7 cm³/mol. The molecule has 1 aromatic carbocycles. The van der Waals surface area contributed by atoms with Gasteiger partial charge in [0.05, 0.1) is 6.54 Å². The Labute approximate surface area is 109 Å². The maximum atomic E-state index is 11.8. The lowest BCUT2D eigenvalue weighted by Crippen LogP contribution is -2.39. The lowest BCUT2D eigenvalue weighted by atomic mass is 9.95. The molecule has 1 aromatic rings. The van der Waals surface area contributed by atoms with Gasteiger partial charge in [-0.3, -0.25) is 4.79 Å². The van der Waals surface area contributed by atoms with Crippen LogP contribution in [-0.2, 0) is 4.79 Å². The number of hydrogen-bond donors (Lipinski definition) is 2. The molecule has 0 saturated heterocycles. The zero-order valence-corrected chi connectivity index (χ0v) is 11.0. The monoisotopic (exact) mass is 246 g/mol. The summed E-state index contributed by atoms with van der Waals surface area (Å²) in [5.74, 6) is 0.102. The standard InChI is InChI=1S/C15H22N2O/c1-12-7-5-6-10-14(12)16-11-15(18)17-13-8-3-2-4-9-13/h5-7,10,13,16H,2-4,8-9,11H2,1H3,(H,17,18). The Balaban J connectivity index is 1.76. The van der Waals surface area contributed by atoms with Gasteiger partial charge in [0.2, 0.25) is 5.91 Å². The molecule has 2 N–H and O–H groups in total. The van der Waals surface area contributed by atoms with E-state index in [1.165, 1.54) is 24.8 Å². The van der Waals surface area contributed by atoms with Crippen molar-refractivity contribution >= 4 is 11.6 Å². The van der Waals surface area contributed by atoms with Gasteiger partial charge < -0.3 is 10.6 Å². The van der Waals surface area contributed by atoms with E-state index in [9.17, 15) is 4.79 Å². The van der Waals surface area contributed by atoms with Gasteiger partial charge in [0, 0.05) is 11.7 Å². The van der Waals surface area contributed by atoms with Crippen molar-refractivity contribution in [3.05, 3.63) is 29.8 Å². The number of benzene rings is 1. The summed E-state index contributed by atoms with van der Waals surface area (Å²) in [6, 6.07) is 8.42.